The molecule has 7 nitrogen and oxygen atoms in total. The number of hydrogen-bond acceptors (Lipinski definition) is 7. The number of hydrogen-bond donors (Lipinski definition) is 0. The first-order valence-corrected chi connectivity index (χ1v) is 17.1. The average molecular weight is 475 g/mol. The fourth-order valence-electron chi connectivity index (χ4n) is 2.57. The molecule has 0 aromatic heterocycles. The molecule has 0 saturated carbocycles. The van der Waals surface area contributed by atoms with E-state index in [1.165, 1.54) is 0 Å². The van der Waals surface area contributed by atoms with Gasteiger partial charge in [-0.15, -0.1) is 0 Å². The summed E-state index contributed by atoms with van der Waals surface area (Å²) in [5.41, 5.74) is 0.841. The fraction of sp³-hybridized carbons (Fsp3) is 0.727. The van der Waals surface area contributed by atoms with Crippen molar-refractivity contribution in [3.63, 3.8) is 0 Å². The summed E-state index contributed by atoms with van der Waals surface area (Å²) in [5.74, 6) is -0.679. The van der Waals surface area contributed by atoms with Crippen LogP contribution < -0.4 is 0 Å². The SMILES string of the molecule is C=C(C)C(=O)OCCC[Si](C)(C)OCCOCCO[Si](C)(C)CCCOC(=O)C(=C)C. The van der Waals surface area contributed by atoms with Crippen LogP contribution in [0.5, 0.6) is 0 Å². The maximum absolute atomic E-state index is 11.4. The highest BCUT2D eigenvalue weighted by Crippen LogP contribution is 2.15. The highest BCUT2D eigenvalue weighted by atomic mass is 28.4. The van der Waals surface area contributed by atoms with E-state index in [1.54, 1.807) is 13.8 Å². The van der Waals surface area contributed by atoms with Crippen LogP contribution in [0.15, 0.2) is 24.3 Å². The summed E-state index contributed by atoms with van der Waals surface area (Å²) in [6.45, 7) is 22.0. The average Bonchev–Trinajstić information content (AvgIpc) is 2.67. The Labute approximate surface area is 190 Å². The Bertz CT molecular complexity index is 538. The van der Waals surface area contributed by atoms with Crippen LogP contribution >= 0.6 is 0 Å². The van der Waals surface area contributed by atoms with Crippen LogP contribution in [-0.2, 0) is 32.7 Å². The summed E-state index contributed by atoms with van der Waals surface area (Å²) in [6.07, 6.45) is 1.58. The number of carbonyl (C=O) groups excluding carboxylic acids is 2. The van der Waals surface area contributed by atoms with Crippen molar-refractivity contribution < 1.29 is 32.7 Å². The van der Waals surface area contributed by atoms with E-state index in [9.17, 15) is 9.59 Å². The molecule has 0 atom stereocenters. The van der Waals surface area contributed by atoms with E-state index in [-0.39, 0.29) is 11.9 Å². The van der Waals surface area contributed by atoms with Crippen LogP contribution in [0.1, 0.15) is 26.7 Å². The Morgan fingerprint density at radius 2 is 1.00 bits per heavy atom. The molecule has 9 heteroatoms. The van der Waals surface area contributed by atoms with Crippen molar-refractivity contribution in [2.24, 2.45) is 0 Å². The maximum atomic E-state index is 11.4. The van der Waals surface area contributed by atoms with Gasteiger partial charge in [0.1, 0.15) is 0 Å². The summed E-state index contributed by atoms with van der Waals surface area (Å²) in [5, 5.41) is 0. The summed E-state index contributed by atoms with van der Waals surface area (Å²) in [6, 6.07) is 1.84. The van der Waals surface area contributed by atoms with E-state index in [0.29, 0.717) is 50.8 Å². The molecule has 0 aliphatic carbocycles. The topological polar surface area (TPSA) is 80.3 Å². The second-order valence-corrected chi connectivity index (χ2v) is 17.5. The van der Waals surface area contributed by atoms with E-state index in [1.807, 2.05) is 0 Å². The molecule has 0 aliphatic rings. The van der Waals surface area contributed by atoms with Gasteiger partial charge in [-0.25, -0.2) is 9.59 Å². The van der Waals surface area contributed by atoms with Crippen LogP contribution in [-0.4, -0.2) is 68.2 Å². The van der Waals surface area contributed by atoms with Crippen molar-refractivity contribution in [3.8, 4) is 0 Å². The smallest absolute Gasteiger partial charge is 0.333 e. The molecular weight excluding hydrogens is 432 g/mol. The molecule has 0 heterocycles. The van der Waals surface area contributed by atoms with Gasteiger partial charge in [0.2, 0.25) is 0 Å². The monoisotopic (exact) mass is 474 g/mol. The van der Waals surface area contributed by atoms with Crippen molar-refractivity contribution in [3.05, 3.63) is 24.3 Å². The minimum absolute atomic E-state index is 0.339. The zero-order valence-electron chi connectivity index (χ0n) is 20.3. The minimum Gasteiger partial charge on any atom is -0.462 e. The lowest BCUT2D eigenvalue weighted by Gasteiger charge is -2.24. The van der Waals surface area contributed by atoms with Crippen molar-refractivity contribution in [2.75, 3.05) is 39.6 Å². The molecular formula is C22H42O7Si2. The van der Waals surface area contributed by atoms with Crippen molar-refractivity contribution in [2.45, 2.75) is 65.0 Å². The molecule has 0 aromatic rings. The van der Waals surface area contributed by atoms with Gasteiger partial charge >= 0.3 is 11.9 Å². The molecule has 0 aromatic carbocycles. The second kappa shape index (κ2) is 15.5. The third-order valence-corrected chi connectivity index (χ3v) is 9.54. The Morgan fingerprint density at radius 3 is 1.32 bits per heavy atom. The molecule has 0 fully saturated rings. The molecule has 0 spiro atoms. The van der Waals surface area contributed by atoms with E-state index in [0.717, 1.165) is 24.9 Å². The number of esters is 2. The summed E-state index contributed by atoms with van der Waals surface area (Å²) >= 11 is 0. The highest BCUT2D eigenvalue weighted by molar-refractivity contribution is 6.71. The summed E-state index contributed by atoms with van der Waals surface area (Å²) < 4.78 is 27.9. The largest absolute Gasteiger partial charge is 0.462 e. The van der Waals surface area contributed by atoms with Gasteiger partial charge in [0.25, 0.3) is 0 Å². The predicted octanol–water partition coefficient (Wildman–Crippen LogP) is 4.47. The standard InChI is InChI=1S/C22H42O7Si2/c1-19(2)21(23)26-11-9-17-30(5,6)28-15-13-25-14-16-29-31(7,8)18-10-12-27-22(24)20(3)4/h1,3,9-18H2,2,4-8H3. The summed E-state index contributed by atoms with van der Waals surface area (Å²) in [4.78, 5) is 22.7. The van der Waals surface area contributed by atoms with Gasteiger partial charge < -0.3 is 23.1 Å². The van der Waals surface area contributed by atoms with E-state index in [2.05, 4.69) is 39.3 Å². The quantitative estimate of drug-likeness (QED) is 0.125. The molecule has 180 valence electrons. The Morgan fingerprint density at radius 1 is 0.645 bits per heavy atom. The Hall–Kier alpha value is -1.27. The lowest BCUT2D eigenvalue weighted by Crippen LogP contribution is -2.33. The number of carbonyl (C=O) groups is 2. The number of ether oxygens (including phenoxy) is 3. The lowest BCUT2D eigenvalue weighted by molar-refractivity contribution is -0.139. The van der Waals surface area contributed by atoms with Gasteiger partial charge in [-0.1, -0.05) is 13.2 Å². The zero-order chi connectivity index (χ0) is 23.9. The highest BCUT2D eigenvalue weighted by Gasteiger charge is 2.23. The lowest BCUT2D eigenvalue weighted by atomic mass is 10.4. The molecule has 31 heavy (non-hydrogen) atoms. The molecule has 0 saturated heterocycles. The van der Waals surface area contributed by atoms with Gasteiger partial charge in [0.15, 0.2) is 16.6 Å². The first kappa shape index (κ1) is 29.7. The maximum Gasteiger partial charge on any atom is 0.333 e. The Balaban J connectivity index is 3.75. The van der Waals surface area contributed by atoms with Gasteiger partial charge in [-0.2, -0.15) is 0 Å². The van der Waals surface area contributed by atoms with Gasteiger partial charge in [-0.3, -0.25) is 0 Å². The van der Waals surface area contributed by atoms with Gasteiger partial charge in [-0.05, 0) is 65.0 Å². The second-order valence-electron chi connectivity index (χ2n) is 8.87. The Kier molecular flexibility index (Phi) is 14.9. The molecule has 0 aliphatic heterocycles. The summed E-state index contributed by atoms with van der Waals surface area (Å²) in [7, 11) is -3.59. The van der Waals surface area contributed by atoms with E-state index >= 15 is 0 Å². The van der Waals surface area contributed by atoms with Crippen molar-refractivity contribution in [1.29, 1.82) is 0 Å². The van der Waals surface area contributed by atoms with Crippen LogP contribution in [0.25, 0.3) is 0 Å². The normalized spacial score (nSPS) is 11.8. The molecule has 0 bridgehead atoms. The van der Waals surface area contributed by atoms with Crippen LogP contribution in [0.4, 0.5) is 0 Å². The first-order chi connectivity index (χ1) is 14.4. The molecule has 0 radical (unpaired) electrons. The third kappa shape index (κ3) is 17.0. The van der Waals surface area contributed by atoms with E-state index in [4.69, 9.17) is 23.1 Å². The zero-order valence-corrected chi connectivity index (χ0v) is 22.3. The molecule has 0 unspecified atom stereocenters. The van der Waals surface area contributed by atoms with E-state index < -0.39 is 16.6 Å². The fourth-order valence-corrected chi connectivity index (χ4v) is 6.12. The molecule has 0 rings (SSSR count). The van der Waals surface area contributed by atoms with Crippen molar-refractivity contribution in [1.82, 2.24) is 0 Å². The van der Waals surface area contributed by atoms with Crippen molar-refractivity contribution >= 4 is 28.6 Å². The number of rotatable bonds is 18. The molecule has 0 N–H and O–H groups in total. The molecule has 0 amide bonds. The van der Waals surface area contributed by atoms with Crippen LogP contribution in [0.2, 0.25) is 38.3 Å². The van der Waals surface area contributed by atoms with Gasteiger partial charge in [0, 0.05) is 11.1 Å². The predicted molar refractivity (Wildman–Crippen MR) is 128 cm³/mol. The third-order valence-electron chi connectivity index (χ3n) is 4.45. The van der Waals surface area contributed by atoms with Crippen LogP contribution in [0, 0.1) is 0 Å². The first-order valence-electron chi connectivity index (χ1n) is 10.9. The van der Waals surface area contributed by atoms with Gasteiger partial charge in [0.05, 0.1) is 39.6 Å². The minimum atomic E-state index is -1.79. The van der Waals surface area contributed by atoms with Crippen LogP contribution in [0.3, 0.4) is 0 Å².